The van der Waals surface area contributed by atoms with Crippen LogP contribution in [-0.2, 0) is 9.53 Å². The SMILES string of the molecule is COCC(CO)NC(=O)C1CC=CC1. The number of hydrogen-bond acceptors (Lipinski definition) is 3. The third-order valence-electron chi connectivity index (χ3n) is 2.31. The van der Waals surface area contributed by atoms with E-state index < -0.39 is 0 Å². The summed E-state index contributed by atoms with van der Waals surface area (Å²) in [6.45, 7) is 0.266. The Hall–Kier alpha value is -0.870. The zero-order valence-electron chi connectivity index (χ0n) is 8.40. The highest BCUT2D eigenvalue weighted by Crippen LogP contribution is 2.17. The molecule has 0 saturated heterocycles. The van der Waals surface area contributed by atoms with Gasteiger partial charge in [-0.15, -0.1) is 0 Å². The number of methoxy groups -OCH3 is 1. The Morgan fingerprint density at radius 2 is 2.29 bits per heavy atom. The molecule has 0 fully saturated rings. The van der Waals surface area contributed by atoms with Crippen molar-refractivity contribution >= 4 is 5.91 Å². The van der Waals surface area contributed by atoms with Crippen LogP contribution in [0.15, 0.2) is 12.2 Å². The molecule has 1 atom stereocenters. The van der Waals surface area contributed by atoms with Gasteiger partial charge in [0, 0.05) is 13.0 Å². The van der Waals surface area contributed by atoms with Crippen molar-refractivity contribution in [3.63, 3.8) is 0 Å². The summed E-state index contributed by atoms with van der Waals surface area (Å²) in [7, 11) is 1.55. The highest BCUT2D eigenvalue weighted by Gasteiger charge is 2.21. The lowest BCUT2D eigenvalue weighted by atomic mass is 10.1. The topological polar surface area (TPSA) is 58.6 Å². The first kappa shape index (κ1) is 11.2. The van der Waals surface area contributed by atoms with Gasteiger partial charge < -0.3 is 15.2 Å². The predicted molar refractivity (Wildman–Crippen MR) is 52.8 cm³/mol. The van der Waals surface area contributed by atoms with Crippen LogP contribution in [0.2, 0.25) is 0 Å². The molecule has 0 heterocycles. The molecule has 4 heteroatoms. The fourth-order valence-electron chi connectivity index (χ4n) is 1.49. The third-order valence-corrected chi connectivity index (χ3v) is 2.31. The maximum Gasteiger partial charge on any atom is 0.224 e. The van der Waals surface area contributed by atoms with Gasteiger partial charge in [0.1, 0.15) is 0 Å². The molecule has 1 rings (SSSR count). The molecule has 0 saturated carbocycles. The molecule has 0 radical (unpaired) electrons. The van der Waals surface area contributed by atoms with Crippen molar-refractivity contribution in [2.75, 3.05) is 20.3 Å². The largest absolute Gasteiger partial charge is 0.394 e. The standard InChI is InChI=1S/C10H17NO3/c1-14-7-9(6-12)11-10(13)8-4-2-3-5-8/h2-3,8-9,12H,4-7H2,1H3,(H,11,13). The fourth-order valence-corrected chi connectivity index (χ4v) is 1.49. The Balaban J connectivity index is 2.30. The molecule has 0 aromatic rings. The number of aliphatic hydroxyl groups excluding tert-OH is 1. The molecule has 4 nitrogen and oxygen atoms in total. The van der Waals surface area contributed by atoms with Crippen molar-refractivity contribution in [1.29, 1.82) is 0 Å². The van der Waals surface area contributed by atoms with Crippen LogP contribution >= 0.6 is 0 Å². The number of nitrogens with one attached hydrogen (secondary N) is 1. The number of aliphatic hydroxyl groups is 1. The zero-order chi connectivity index (χ0) is 10.4. The van der Waals surface area contributed by atoms with Gasteiger partial charge in [0.2, 0.25) is 5.91 Å². The number of rotatable bonds is 5. The van der Waals surface area contributed by atoms with Gasteiger partial charge in [0.05, 0.1) is 19.3 Å². The predicted octanol–water partition coefficient (Wildman–Crippen LogP) is 0.0761. The summed E-state index contributed by atoms with van der Waals surface area (Å²) in [6, 6.07) is -0.284. The average Bonchev–Trinajstić information content (AvgIpc) is 2.69. The molecule has 0 spiro atoms. The summed E-state index contributed by atoms with van der Waals surface area (Å²) in [5.74, 6) is 0.0482. The highest BCUT2D eigenvalue weighted by atomic mass is 16.5. The molecule has 80 valence electrons. The van der Waals surface area contributed by atoms with Crippen LogP contribution in [0.4, 0.5) is 0 Å². The Morgan fingerprint density at radius 1 is 1.64 bits per heavy atom. The summed E-state index contributed by atoms with van der Waals surface area (Å²) < 4.78 is 4.87. The van der Waals surface area contributed by atoms with Crippen molar-refractivity contribution in [1.82, 2.24) is 5.32 Å². The number of hydrogen-bond donors (Lipinski definition) is 2. The van der Waals surface area contributed by atoms with Gasteiger partial charge in [-0.3, -0.25) is 4.79 Å². The first-order chi connectivity index (χ1) is 6.77. The molecule has 2 N–H and O–H groups in total. The minimum absolute atomic E-state index is 0.00565. The van der Waals surface area contributed by atoms with Crippen LogP contribution in [0, 0.1) is 5.92 Å². The van der Waals surface area contributed by atoms with E-state index in [4.69, 9.17) is 9.84 Å². The molecule has 0 bridgehead atoms. The van der Waals surface area contributed by atoms with Gasteiger partial charge in [-0.1, -0.05) is 12.2 Å². The van der Waals surface area contributed by atoms with Crippen molar-refractivity contribution in [3.05, 3.63) is 12.2 Å². The lowest BCUT2D eigenvalue weighted by Crippen LogP contribution is -2.43. The smallest absolute Gasteiger partial charge is 0.224 e. The second-order valence-corrected chi connectivity index (χ2v) is 3.48. The van der Waals surface area contributed by atoms with E-state index in [2.05, 4.69) is 5.32 Å². The molecule has 1 aliphatic rings. The summed E-state index contributed by atoms with van der Waals surface area (Å²) in [5, 5.41) is 11.7. The Bertz CT molecular complexity index is 207. The highest BCUT2D eigenvalue weighted by molar-refractivity contribution is 5.79. The van der Waals surface area contributed by atoms with Gasteiger partial charge in [0.15, 0.2) is 0 Å². The van der Waals surface area contributed by atoms with E-state index in [-0.39, 0.29) is 24.5 Å². The molecular formula is C10H17NO3. The normalized spacial score (nSPS) is 18.4. The average molecular weight is 199 g/mol. The van der Waals surface area contributed by atoms with Gasteiger partial charge in [-0.2, -0.15) is 0 Å². The molecule has 1 unspecified atom stereocenters. The monoisotopic (exact) mass is 199 g/mol. The van der Waals surface area contributed by atoms with Crippen molar-refractivity contribution in [2.45, 2.75) is 18.9 Å². The van der Waals surface area contributed by atoms with Gasteiger partial charge >= 0.3 is 0 Å². The second-order valence-electron chi connectivity index (χ2n) is 3.48. The first-order valence-electron chi connectivity index (χ1n) is 4.83. The molecule has 1 aliphatic carbocycles. The molecule has 14 heavy (non-hydrogen) atoms. The van der Waals surface area contributed by atoms with Gasteiger partial charge in [-0.25, -0.2) is 0 Å². The minimum atomic E-state index is -0.284. The van der Waals surface area contributed by atoms with Crippen molar-refractivity contribution in [3.8, 4) is 0 Å². The lowest BCUT2D eigenvalue weighted by Gasteiger charge is -2.17. The van der Waals surface area contributed by atoms with Crippen LogP contribution in [0.1, 0.15) is 12.8 Å². The number of allylic oxidation sites excluding steroid dienone is 2. The molecule has 0 aliphatic heterocycles. The van der Waals surface area contributed by atoms with E-state index >= 15 is 0 Å². The Kier molecular flexibility index (Phi) is 4.62. The number of carbonyl (C=O) groups excluding carboxylic acids is 1. The van der Waals surface area contributed by atoms with E-state index in [0.29, 0.717) is 6.61 Å². The van der Waals surface area contributed by atoms with E-state index in [1.165, 1.54) is 0 Å². The minimum Gasteiger partial charge on any atom is -0.394 e. The number of carbonyl (C=O) groups is 1. The van der Waals surface area contributed by atoms with Gasteiger partial charge in [0.25, 0.3) is 0 Å². The number of amides is 1. The molecule has 1 amide bonds. The quantitative estimate of drug-likeness (QED) is 0.616. The maximum absolute atomic E-state index is 11.6. The Labute approximate surface area is 83.9 Å². The summed E-state index contributed by atoms with van der Waals surface area (Å²) >= 11 is 0. The summed E-state index contributed by atoms with van der Waals surface area (Å²) in [5.41, 5.74) is 0. The molecule has 0 aromatic carbocycles. The zero-order valence-corrected chi connectivity index (χ0v) is 8.40. The maximum atomic E-state index is 11.6. The fraction of sp³-hybridized carbons (Fsp3) is 0.700. The first-order valence-corrected chi connectivity index (χ1v) is 4.83. The van der Waals surface area contributed by atoms with E-state index in [1.807, 2.05) is 12.2 Å². The molecule has 0 aromatic heterocycles. The van der Waals surface area contributed by atoms with E-state index in [9.17, 15) is 4.79 Å². The van der Waals surface area contributed by atoms with Gasteiger partial charge in [-0.05, 0) is 12.8 Å². The van der Waals surface area contributed by atoms with Crippen LogP contribution < -0.4 is 5.32 Å². The van der Waals surface area contributed by atoms with Crippen LogP contribution in [0.25, 0.3) is 0 Å². The van der Waals surface area contributed by atoms with Crippen molar-refractivity contribution in [2.24, 2.45) is 5.92 Å². The molecular weight excluding hydrogens is 182 g/mol. The second kappa shape index (κ2) is 5.78. The van der Waals surface area contributed by atoms with E-state index in [0.717, 1.165) is 12.8 Å². The van der Waals surface area contributed by atoms with Crippen LogP contribution in [-0.4, -0.2) is 37.4 Å². The summed E-state index contributed by atoms with van der Waals surface area (Å²) in [6.07, 6.45) is 5.62. The summed E-state index contributed by atoms with van der Waals surface area (Å²) in [4.78, 5) is 11.6. The Morgan fingerprint density at radius 3 is 2.79 bits per heavy atom. The van der Waals surface area contributed by atoms with Crippen LogP contribution in [0.3, 0.4) is 0 Å². The lowest BCUT2D eigenvalue weighted by molar-refractivity contribution is -0.126. The van der Waals surface area contributed by atoms with Crippen LogP contribution in [0.5, 0.6) is 0 Å². The van der Waals surface area contributed by atoms with E-state index in [1.54, 1.807) is 7.11 Å². The third kappa shape index (κ3) is 3.12. The number of ether oxygens (including phenoxy) is 1. The van der Waals surface area contributed by atoms with Crippen molar-refractivity contribution < 1.29 is 14.6 Å².